The van der Waals surface area contributed by atoms with Crippen molar-refractivity contribution >= 4 is 10.0 Å². The first-order valence-corrected chi connectivity index (χ1v) is 7.25. The molecule has 0 fully saturated rings. The molecule has 0 aliphatic heterocycles. The van der Waals surface area contributed by atoms with E-state index in [-0.39, 0.29) is 4.90 Å². The maximum atomic E-state index is 12.3. The number of rotatable bonds is 4. The number of hydrogen-bond donors (Lipinski definition) is 1. The minimum Gasteiger partial charge on any atom is -0.207 e. The van der Waals surface area contributed by atoms with Crippen molar-refractivity contribution < 1.29 is 8.42 Å². The van der Waals surface area contributed by atoms with Crippen LogP contribution in [0.3, 0.4) is 0 Å². The molecule has 18 heavy (non-hydrogen) atoms. The number of nitrogens with one attached hydrogen (secondary N) is 1. The minimum absolute atomic E-state index is 0.170. The summed E-state index contributed by atoms with van der Waals surface area (Å²) in [6, 6.07) is 6.61. The van der Waals surface area contributed by atoms with E-state index in [1.54, 1.807) is 19.1 Å². The highest BCUT2D eigenvalue weighted by atomic mass is 32.2. The predicted molar refractivity (Wildman–Crippen MR) is 70.6 cm³/mol. The highest BCUT2D eigenvalue weighted by Crippen LogP contribution is 2.20. The van der Waals surface area contributed by atoms with Crippen LogP contribution in [0.15, 0.2) is 23.1 Å². The third kappa shape index (κ3) is 3.31. The van der Waals surface area contributed by atoms with E-state index in [1.165, 1.54) is 6.07 Å². The molecular formula is C13H18N2O2S. The Morgan fingerprint density at radius 2 is 2.00 bits per heavy atom. The molecular weight excluding hydrogens is 248 g/mol. The topological polar surface area (TPSA) is 70.0 Å². The smallest absolute Gasteiger partial charge is 0.207 e. The zero-order chi connectivity index (χ0) is 14.0. The fourth-order valence-corrected chi connectivity index (χ4v) is 3.21. The molecule has 0 aromatic heterocycles. The lowest BCUT2D eigenvalue weighted by atomic mass is 10.0. The predicted octanol–water partition coefficient (Wildman–Crippen LogP) is 2.33. The lowest BCUT2D eigenvalue weighted by molar-refractivity contribution is 0.439. The molecule has 0 saturated carbocycles. The summed E-state index contributed by atoms with van der Waals surface area (Å²) >= 11 is 0. The molecule has 0 amide bonds. The Bertz CT molecular complexity index is 583. The van der Waals surface area contributed by atoms with Crippen molar-refractivity contribution in [2.75, 3.05) is 0 Å². The SMILES string of the molecule is CCC(C)(C)NS(=O)(=O)c1cc(C#N)ccc1C. The van der Waals surface area contributed by atoms with Crippen molar-refractivity contribution in [3.05, 3.63) is 29.3 Å². The van der Waals surface area contributed by atoms with Gasteiger partial charge in [-0.05, 0) is 44.9 Å². The largest absolute Gasteiger partial charge is 0.241 e. The molecule has 0 atom stereocenters. The van der Waals surface area contributed by atoms with Crippen LogP contribution in [0.25, 0.3) is 0 Å². The third-order valence-electron chi connectivity index (χ3n) is 2.90. The second-order valence-electron chi connectivity index (χ2n) is 4.94. The standard InChI is InChI=1S/C13H18N2O2S/c1-5-13(3,4)15-18(16,17)12-8-11(9-14)7-6-10(12)2/h6-8,15H,5H2,1-4H3. The summed E-state index contributed by atoms with van der Waals surface area (Å²) in [6.07, 6.45) is 0.684. The van der Waals surface area contributed by atoms with Crippen LogP contribution in [0.2, 0.25) is 0 Å². The number of aryl methyl sites for hydroxylation is 1. The Balaban J connectivity index is 3.25. The molecule has 0 aliphatic rings. The van der Waals surface area contributed by atoms with Crippen LogP contribution in [-0.2, 0) is 10.0 Å². The maximum absolute atomic E-state index is 12.3. The number of sulfonamides is 1. The van der Waals surface area contributed by atoms with Gasteiger partial charge in [-0.15, -0.1) is 0 Å². The van der Waals surface area contributed by atoms with E-state index in [0.29, 0.717) is 17.5 Å². The summed E-state index contributed by atoms with van der Waals surface area (Å²) in [6.45, 7) is 7.29. The number of nitrogens with zero attached hydrogens (tertiary/aromatic N) is 1. The molecule has 1 aromatic rings. The van der Waals surface area contributed by atoms with Gasteiger partial charge in [0, 0.05) is 5.54 Å². The van der Waals surface area contributed by atoms with Crippen molar-refractivity contribution in [3.63, 3.8) is 0 Å². The lowest BCUT2D eigenvalue weighted by Crippen LogP contribution is -2.42. The summed E-state index contributed by atoms with van der Waals surface area (Å²) in [7, 11) is -3.59. The average Bonchev–Trinajstić information content (AvgIpc) is 2.28. The second-order valence-corrected chi connectivity index (χ2v) is 6.59. The fraction of sp³-hybridized carbons (Fsp3) is 0.462. The molecule has 4 nitrogen and oxygen atoms in total. The number of benzene rings is 1. The van der Waals surface area contributed by atoms with E-state index in [0.717, 1.165) is 0 Å². The molecule has 0 saturated heterocycles. The van der Waals surface area contributed by atoms with Crippen molar-refractivity contribution in [1.82, 2.24) is 4.72 Å². The molecule has 1 N–H and O–H groups in total. The van der Waals surface area contributed by atoms with Crippen molar-refractivity contribution in [3.8, 4) is 6.07 Å². The first-order valence-electron chi connectivity index (χ1n) is 5.76. The van der Waals surface area contributed by atoms with E-state index < -0.39 is 15.6 Å². The van der Waals surface area contributed by atoms with Crippen LogP contribution >= 0.6 is 0 Å². The molecule has 0 bridgehead atoms. The van der Waals surface area contributed by atoms with E-state index >= 15 is 0 Å². The third-order valence-corrected chi connectivity index (χ3v) is 4.74. The van der Waals surface area contributed by atoms with Crippen molar-refractivity contribution in [2.24, 2.45) is 0 Å². The first kappa shape index (κ1) is 14.7. The highest BCUT2D eigenvalue weighted by Gasteiger charge is 2.25. The van der Waals surface area contributed by atoms with Gasteiger partial charge in [0.25, 0.3) is 0 Å². The Morgan fingerprint density at radius 1 is 1.39 bits per heavy atom. The monoisotopic (exact) mass is 266 g/mol. The summed E-state index contributed by atoms with van der Waals surface area (Å²) in [5, 5.41) is 8.83. The summed E-state index contributed by atoms with van der Waals surface area (Å²) < 4.78 is 27.2. The van der Waals surface area contributed by atoms with Gasteiger partial charge in [0.2, 0.25) is 10.0 Å². The van der Waals surface area contributed by atoms with Crippen molar-refractivity contribution in [2.45, 2.75) is 44.6 Å². The molecule has 5 heteroatoms. The van der Waals surface area contributed by atoms with E-state index in [9.17, 15) is 8.42 Å². The summed E-state index contributed by atoms with van der Waals surface area (Å²) in [4.78, 5) is 0.170. The van der Waals surface area contributed by atoms with Gasteiger partial charge < -0.3 is 0 Å². The second kappa shape index (κ2) is 5.09. The molecule has 1 rings (SSSR count). The summed E-state index contributed by atoms with van der Waals surface area (Å²) in [5.74, 6) is 0. The molecule has 98 valence electrons. The number of hydrogen-bond acceptors (Lipinski definition) is 3. The van der Waals surface area contributed by atoms with Crippen LogP contribution in [-0.4, -0.2) is 14.0 Å². The molecule has 1 aromatic carbocycles. The van der Waals surface area contributed by atoms with Gasteiger partial charge in [0.1, 0.15) is 0 Å². The van der Waals surface area contributed by atoms with Gasteiger partial charge in [-0.2, -0.15) is 5.26 Å². The zero-order valence-electron chi connectivity index (χ0n) is 11.1. The van der Waals surface area contributed by atoms with Crippen LogP contribution in [0.1, 0.15) is 38.3 Å². The molecule has 0 spiro atoms. The minimum atomic E-state index is -3.59. The van der Waals surface area contributed by atoms with Gasteiger partial charge >= 0.3 is 0 Å². The lowest BCUT2D eigenvalue weighted by Gasteiger charge is -2.24. The van der Waals surface area contributed by atoms with Gasteiger partial charge in [0.05, 0.1) is 16.5 Å². The first-order chi connectivity index (χ1) is 8.22. The van der Waals surface area contributed by atoms with Gasteiger partial charge in [-0.1, -0.05) is 13.0 Å². The van der Waals surface area contributed by atoms with Gasteiger partial charge in [0.15, 0.2) is 0 Å². The highest BCUT2D eigenvalue weighted by molar-refractivity contribution is 7.89. The van der Waals surface area contributed by atoms with E-state index in [2.05, 4.69) is 4.72 Å². The Hall–Kier alpha value is -1.38. The van der Waals surface area contributed by atoms with E-state index in [1.807, 2.05) is 26.8 Å². The van der Waals surface area contributed by atoms with Crippen LogP contribution in [0, 0.1) is 18.3 Å². The normalized spacial score (nSPS) is 12.2. The Kier molecular flexibility index (Phi) is 4.15. The zero-order valence-corrected chi connectivity index (χ0v) is 11.9. The van der Waals surface area contributed by atoms with Gasteiger partial charge in [-0.25, -0.2) is 13.1 Å². The molecule has 0 unspecified atom stereocenters. The van der Waals surface area contributed by atoms with Gasteiger partial charge in [-0.3, -0.25) is 0 Å². The van der Waals surface area contributed by atoms with Crippen LogP contribution < -0.4 is 4.72 Å². The summed E-state index contributed by atoms with van der Waals surface area (Å²) in [5.41, 5.74) is 0.470. The molecule has 0 aliphatic carbocycles. The van der Waals surface area contributed by atoms with E-state index in [4.69, 9.17) is 5.26 Å². The average molecular weight is 266 g/mol. The van der Waals surface area contributed by atoms with Crippen LogP contribution in [0.5, 0.6) is 0 Å². The maximum Gasteiger partial charge on any atom is 0.241 e. The van der Waals surface area contributed by atoms with Crippen molar-refractivity contribution in [1.29, 1.82) is 5.26 Å². The van der Waals surface area contributed by atoms with Crippen LogP contribution in [0.4, 0.5) is 0 Å². The Morgan fingerprint density at radius 3 is 2.50 bits per heavy atom. The quantitative estimate of drug-likeness (QED) is 0.909. The molecule has 0 radical (unpaired) electrons. The fourth-order valence-electron chi connectivity index (χ4n) is 1.45. The molecule has 0 heterocycles. The Labute approximate surface area is 109 Å². The number of nitriles is 1.